The molecule has 2 heterocycles. The van der Waals surface area contributed by atoms with E-state index in [0.717, 1.165) is 17.1 Å². The van der Waals surface area contributed by atoms with Crippen molar-refractivity contribution in [3.8, 4) is 0 Å². The normalized spacial score (nSPS) is 14.7. The average Bonchev–Trinajstić information content (AvgIpc) is 3.05. The van der Waals surface area contributed by atoms with Crippen LogP contribution in [0, 0.1) is 0 Å². The molecule has 1 aromatic carbocycles. The van der Waals surface area contributed by atoms with Gasteiger partial charge in [-0.3, -0.25) is 4.68 Å². The highest BCUT2D eigenvalue weighted by Crippen LogP contribution is 2.37. The van der Waals surface area contributed by atoms with Crippen molar-refractivity contribution in [2.75, 3.05) is 0 Å². The zero-order valence-corrected chi connectivity index (χ0v) is 11.8. The molecule has 3 rings (SSSR count). The Morgan fingerprint density at radius 2 is 2.11 bits per heavy atom. The summed E-state index contributed by atoms with van der Waals surface area (Å²) in [5.74, 6) is 0. The van der Waals surface area contributed by atoms with E-state index >= 15 is 0 Å². The highest BCUT2D eigenvalue weighted by molar-refractivity contribution is 7.19. The molecule has 2 aromatic heterocycles. The van der Waals surface area contributed by atoms with E-state index in [0.29, 0.717) is 0 Å². The summed E-state index contributed by atoms with van der Waals surface area (Å²) in [4.78, 5) is 0.948. The average molecular weight is 272 g/mol. The van der Waals surface area contributed by atoms with Crippen molar-refractivity contribution in [2.24, 2.45) is 0 Å². The standard InChI is InChI=1S/C15H16N2OS/c1-3-17-13(8-9-16-17)15(2,18)14-10-11-6-4-5-7-12(11)19-14/h4-10,18H,3H2,1-2H3. The summed E-state index contributed by atoms with van der Waals surface area (Å²) in [6, 6.07) is 12.1. The van der Waals surface area contributed by atoms with E-state index in [2.05, 4.69) is 23.3 Å². The number of fused-ring (bicyclic) bond motifs is 1. The van der Waals surface area contributed by atoms with Crippen LogP contribution >= 0.6 is 11.3 Å². The quantitative estimate of drug-likeness (QED) is 0.794. The number of hydrogen-bond donors (Lipinski definition) is 1. The molecule has 0 aliphatic heterocycles. The van der Waals surface area contributed by atoms with Crippen molar-refractivity contribution < 1.29 is 5.11 Å². The summed E-state index contributed by atoms with van der Waals surface area (Å²) in [6.07, 6.45) is 1.74. The van der Waals surface area contributed by atoms with Crippen LogP contribution in [0.1, 0.15) is 24.4 Å². The number of thiophene rings is 1. The van der Waals surface area contributed by atoms with E-state index in [9.17, 15) is 5.11 Å². The van der Waals surface area contributed by atoms with Gasteiger partial charge in [0, 0.05) is 22.3 Å². The molecule has 0 aliphatic rings. The third-order valence-electron chi connectivity index (χ3n) is 3.42. The van der Waals surface area contributed by atoms with E-state index in [1.165, 1.54) is 10.1 Å². The van der Waals surface area contributed by atoms with E-state index in [1.807, 2.05) is 36.7 Å². The molecule has 0 radical (unpaired) electrons. The minimum absolute atomic E-state index is 0.753. The first-order valence-electron chi connectivity index (χ1n) is 6.36. The van der Waals surface area contributed by atoms with Gasteiger partial charge in [0.2, 0.25) is 0 Å². The van der Waals surface area contributed by atoms with E-state index in [1.54, 1.807) is 17.5 Å². The second kappa shape index (κ2) is 4.47. The molecule has 0 aliphatic carbocycles. The summed E-state index contributed by atoms with van der Waals surface area (Å²) in [7, 11) is 0. The maximum atomic E-state index is 10.9. The van der Waals surface area contributed by atoms with Crippen molar-refractivity contribution in [2.45, 2.75) is 26.0 Å². The van der Waals surface area contributed by atoms with Gasteiger partial charge in [0.15, 0.2) is 0 Å². The fraction of sp³-hybridized carbons (Fsp3) is 0.267. The Labute approximate surface area is 116 Å². The van der Waals surface area contributed by atoms with Crippen molar-refractivity contribution in [3.05, 3.63) is 53.2 Å². The second-order valence-electron chi connectivity index (χ2n) is 4.75. The predicted molar refractivity (Wildman–Crippen MR) is 78.4 cm³/mol. The number of rotatable bonds is 3. The highest BCUT2D eigenvalue weighted by atomic mass is 32.1. The van der Waals surface area contributed by atoms with E-state index < -0.39 is 5.60 Å². The highest BCUT2D eigenvalue weighted by Gasteiger charge is 2.30. The molecule has 0 saturated carbocycles. The number of hydrogen-bond acceptors (Lipinski definition) is 3. The van der Waals surface area contributed by atoms with Gasteiger partial charge in [0.25, 0.3) is 0 Å². The minimum atomic E-state index is -1.00. The van der Waals surface area contributed by atoms with Crippen LogP contribution in [0.2, 0.25) is 0 Å². The number of benzene rings is 1. The monoisotopic (exact) mass is 272 g/mol. The lowest BCUT2D eigenvalue weighted by Crippen LogP contribution is -2.25. The van der Waals surface area contributed by atoms with Crippen molar-refractivity contribution in [1.29, 1.82) is 0 Å². The lowest BCUT2D eigenvalue weighted by molar-refractivity contribution is 0.0957. The van der Waals surface area contributed by atoms with Crippen LogP contribution in [0.25, 0.3) is 10.1 Å². The van der Waals surface area contributed by atoms with Crippen molar-refractivity contribution in [1.82, 2.24) is 9.78 Å². The van der Waals surface area contributed by atoms with Gasteiger partial charge in [-0.2, -0.15) is 5.10 Å². The molecule has 1 unspecified atom stereocenters. The Balaban J connectivity index is 2.13. The summed E-state index contributed by atoms with van der Waals surface area (Å²) >= 11 is 1.63. The van der Waals surface area contributed by atoms with Gasteiger partial charge in [-0.05, 0) is 37.4 Å². The fourth-order valence-electron chi connectivity index (χ4n) is 2.35. The molecule has 0 amide bonds. The third-order valence-corrected chi connectivity index (χ3v) is 4.75. The molecule has 19 heavy (non-hydrogen) atoms. The number of aliphatic hydroxyl groups is 1. The molecule has 0 spiro atoms. The Morgan fingerprint density at radius 3 is 2.84 bits per heavy atom. The van der Waals surface area contributed by atoms with Crippen LogP contribution in [-0.2, 0) is 12.1 Å². The Hall–Kier alpha value is -1.65. The fourth-order valence-corrected chi connectivity index (χ4v) is 3.46. The lowest BCUT2D eigenvalue weighted by atomic mass is 10.00. The first kappa shape index (κ1) is 12.4. The van der Waals surface area contributed by atoms with Gasteiger partial charge in [-0.1, -0.05) is 18.2 Å². The minimum Gasteiger partial charge on any atom is -0.378 e. The Bertz CT molecular complexity index is 679. The summed E-state index contributed by atoms with van der Waals surface area (Å²) < 4.78 is 3.03. The molecule has 3 nitrogen and oxygen atoms in total. The number of aromatic nitrogens is 2. The van der Waals surface area contributed by atoms with Crippen LogP contribution in [0.3, 0.4) is 0 Å². The van der Waals surface area contributed by atoms with Crippen LogP contribution in [0.4, 0.5) is 0 Å². The molecule has 0 fully saturated rings. The first-order valence-corrected chi connectivity index (χ1v) is 7.18. The molecule has 0 bridgehead atoms. The topological polar surface area (TPSA) is 38.0 Å². The smallest absolute Gasteiger partial charge is 0.137 e. The van der Waals surface area contributed by atoms with E-state index in [-0.39, 0.29) is 0 Å². The van der Waals surface area contributed by atoms with Crippen LogP contribution < -0.4 is 0 Å². The van der Waals surface area contributed by atoms with Crippen LogP contribution in [0.5, 0.6) is 0 Å². The molecular weight excluding hydrogens is 256 g/mol. The maximum absolute atomic E-state index is 10.9. The van der Waals surface area contributed by atoms with Gasteiger partial charge in [-0.25, -0.2) is 0 Å². The molecule has 4 heteroatoms. The van der Waals surface area contributed by atoms with Gasteiger partial charge in [-0.15, -0.1) is 11.3 Å². The molecule has 98 valence electrons. The van der Waals surface area contributed by atoms with Gasteiger partial charge < -0.3 is 5.11 Å². The van der Waals surface area contributed by atoms with Gasteiger partial charge >= 0.3 is 0 Å². The van der Waals surface area contributed by atoms with Crippen molar-refractivity contribution in [3.63, 3.8) is 0 Å². The molecule has 1 N–H and O–H groups in total. The Morgan fingerprint density at radius 1 is 1.32 bits per heavy atom. The molecule has 1 atom stereocenters. The Kier molecular flexibility index (Phi) is 2.92. The van der Waals surface area contributed by atoms with E-state index in [4.69, 9.17) is 0 Å². The second-order valence-corrected chi connectivity index (χ2v) is 5.84. The number of nitrogens with zero attached hydrogens (tertiary/aromatic N) is 2. The van der Waals surface area contributed by atoms with Gasteiger partial charge in [0.05, 0.1) is 5.69 Å². The third kappa shape index (κ3) is 1.97. The summed E-state index contributed by atoms with van der Waals surface area (Å²) in [6.45, 7) is 4.61. The lowest BCUT2D eigenvalue weighted by Gasteiger charge is -2.22. The predicted octanol–water partition coefficient (Wildman–Crippen LogP) is 3.37. The maximum Gasteiger partial charge on any atom is 0.137 e. The van der Waals surface area contributed by atoms with Crippen LogP contribution in [0.15, 0.2) is 42.6 Å². The largest absolute Gasteiger partial charge is 0.378 e. The molecule has 3 aromatic rings. The zero-order chi connectivity index (χ0) is 13.5. The SMILES string of the molecule is CCn1nccc1C(C)(O)c1cc2ccccc2s1. The number of aryl methyl sites for hydroxylation is 1. The summed E-state index contributed by atoms with van der Waals surface area (Å²) in [5.41, 5.74) is -0.169. The molecular formula is C15H16N2OS. The first-order chi connectivity index (χ1) is 9.13. The molecule has 0 saturated heterocycles. The van der Waals surface area contributed by atoms with Crippen molar-refractivity contribution >= 4 is 21.4 Å². The zero-order valence-electron chi connectivity index (χ0n) is 11.0. The van der Waals surface area contributed by atoms with Crippen LogP contribution in [-0.4, -0.2) is 14.9 Å². The van der Waals surface area contributed by atoms with Gasteiger partial charge in [0.1, 0.15) is 5.60 Å². The summed E-state index contributed by atoms with van der Waals surface area (Å²) in [5, 5.41) is 16.3.